The van der Waals surface area contributed by atoms with Gasteiger partial charge in [0.2, 0.25) is 0 Å². The molecule has 0 N–H and O–H groups in total. The number of Topliss-reactive ketones (excluding diaryl/α,β-unsaturated/α-hetero) is 1. The van der Waals surface area contributed by atoms with Crippen LogP contribution < -0.4 is 0 Å². The van der Waals surface area contributed by atoms with Crippen molar-refractivity contribution in [1.82, 2.24) is 4.98 Å². The van der Waals surface area contributed by atoms with Gasteiger partial charge in [-0.05, 0) is 36.6 Å². The van der Waals surface area contributed by atoms with Crippen LogP contribution in [0.5, 0.6) is 0 Å². The van der Waals surface area contributed by atoms with Gasteiger partial charge in [0.05, 0.1) is 11.0 Å². The van der Waals surface area contributed by atoms with E-state index in [2.05, 4.69) is 36.4 Å². The third kappa shape index (κ3) is 3.26. The van der Waals surface area contributed by atoms with Crippen LogP contribution in [0.4, 0.5) is 0 Å². The molecule has 0 aliphatic carbocycles. The van der Waals surface area contributed by atoms with Crippen LogP contribution in [0.1, 0.15) is 28.4 Å². The zero-order valence-corrected chi connectivity index (χ0v) is 14.7. The Kier molecular flexibility index (Phi) is 4.82. The number of para-hydroxylation sites is 2. The highest BCUT2D eigenvalue weighted by molar-refractivity contribution is 5.98. The summed E-state index contributed by atoms with van der Waals surface area (Å²) in [5.74, 6) is 0.0985. The van der Waals surface area contributed by atoms with E-state index in [1.165, 1.54) is 21.9 Å². The van der Waals surface area contributed by atoms with Gasteiger partial charge >= 0.3 is 0 Å². The number of halogens is 1. The first-order valence-electron chi connectivity index (χ1n) is 8.08. The molecule has 0 saturated heterocycles. The Morgan fingerprint density at radius 2 is 1.32 bits per heavy atom. The molecule has 0 spiro atoms. The van der Waals surface area contributed by atoms with Crippen molar-refractivity contribution in [3.05, 3.63) is 89.5 Å². The van der Waals surface area contributed by atoms with Crippen LogP contribution in [0.2, 0.25) is 0 Å². The first-order chi connectivity index (χ1) is 11.7. The molecule has 0 fully saturated rings. The number of aromatic nitrogens is 1. The van der Waals surface area contributed by atoms with E-state index in [-0.39, 0.29) is 18.2 Å². The maximum absolute atomic E-state index is 11.5. The van der Waals surface area contributed by atoms with Crippen molar-refractivity contribution in [2.45, 2.75) is 13.3 Å². The van der Waals surface area contributed by atoms with Gasteiger partial charge < -0.3 is 0 Å². The number of fused-ring (bicyclic) bond motifs is 2. The quantitative estimate of drug-likeness (QED) is 0.356. The van der Waals surface area contributed by atoms with Crippen LogP contribution in [0.25, 0.3) is 21.8 Å². The summed E-state index contributed by atoms with van der Waals surface area (Å²) in [5, 5.41) is 2.37. The number of rotatable bonds is 3. The maximum atomic E-state index is 11.5. The minimum Gasteiger partial charge on any atom is -0.295 e. The number of ketones is 1. The van der Waals surface area contributed by atoms with Gasteiger partial charge in [0.25, 0.3) is 0 Å². The van der Waals surface area contributed by atoms with Crippen LogP contribution in [-0.4, -0.2) is 10.8 Å². The van der Waals surface area contributed by atoms with Gasteiger partial charge in [0, 0.05) is 16.3 Å². The summed E-state index contributed by atoms with van der Waals surface area (Å²) in [5.41, 5.74) is 5.27. The molecule has 0 aliphatic heterocycles. The minimum absolute atomic E-state index is 0. The lowest BCUT2D eigenvalue weighted by Gasteiger charge is -2.11. The first kappa shape index (κ1) is 17.1. The van der Waals surface area contributed by atoms with Crippen molar-refractivity contribution in [3.8, 4) is 0 Å². The van der Waals surface area contributed by atoms with E-state index in [9.17, 15) is 4.79 Å². The average Bonchev–Trinajstić information content (AvgIpc) is 2.62. The number of carbonyl (C=O) groups is 1. The molecule has 25 heavy (non-hydrogen) atoms. The van der Waals surface area contributed by atoms with Gasteiger partial charge in [0.1, 0.15) is 0 Å². The lowest BCUT2D eigenvalue weighted by atomic mass is 9.96. The predicted octanol–water partition coefficient (Wildman–Crippen LogP) is 5.60. The fraction of sp³-hybridized carbons (Fsp3) is 0.0909. The van der Waals surface area contributed by atoms with Gasteiger partial charge in [-0.15, -0.1) is 12.4 Å². The molecule has 4 aromatic rings. The average molecular weight is 348 g/mol. The van der Waals surface area contributed by atoms with Crippen molar-refractivity contribution in [2.75, 3.05) is 0 Å². The summed E-state index contributed by atoms with van der Waals surface area (Å²) in [4.78, 5) is 16.2. The topological polar surface area (TPSA) is 30.0 Å². The number of nitrogens with zero attached hydrogens (tertiary/aromatic N) is 1. The van der Waals surface area contributed by atoms with E-state index in [1.807, 2.05) is 36.4 Å². The Balaban J connectivity index is 0.00000182. The molecule has 0 aliphatic rings. The standard InChI is InChI=1S/C22H17NO.ClH/c1-15(24)17-12-10-16(11-13-17)14-20-18-6-2-4-8-21(18)23-22-9-5-3-7-19(20)22;/h2-13H,14H2,1H3;1H. The molecular weight excluding hydrogens is 330 g/mol. The van der Waals surface area contributed by atoms with E-state index in [4.69, 9.17) is 4.98 Å². The van der Waals surface area contributed by atoms with Crippen LogP contribution in [0.3, 0.4) is 0 Å². The van der Waals surface area contributed by atoms with E-state index >= 15 is 0 Å². The van der Waals surface area contributed by atoms with Crippen LogP contribution in [0, 0.1) is 0 Å². The van der Waals surface area contributed by atoms with Crippen molar-refractivity contribution in [3.63, 3.8) is 0 Å². The van der Waals surface area contributed by atoms with Gasteiger partial charge in [-0.2, -0.15) is 0 Å². The molecular formula is C22H18ClNO. The number of benzene rings is 3. The zero-order valence-electron chi connectivity index (χ0n) is 13.9. The summed E-state index contributed by atoms with van der Waals surface area (Å²) in [6.45, 7) is 1.60. The van der Waals surface area contributed by atoms with Crippen LogP contribution >= 0.6 is 12.4 Å². The molecule has 3 aromatic carbocycles. The van der Waals surface area contributed by atoms with E-state index in [0.29, 0.717) is 0 Å². The fourth-order valence-electron chi connectivity index (χ4n) is 3.18. The van der Waals surface area contributed by atoms with E-state index in [1.54, 1.807) is 6.92 Å². The van der Waals surface area contributed by atoms with Crippen molar-refractivity contribution >= 4 is 40.0 Å². The number of hydrogen-bond donors (Lipinski definition) is 0. The Morgan fingerprint density at radius 1 is 0.800 bits per heavy atom. The summed E-state index contributed by atoms with van der Waals surface area (Å²) in [6, 6.07) is 24.4. The Hall–Kier alpha value is -2.71. The third-order valence-corrected chi connectivity index (χ3v) is 4.44. The molecule has 124 valence electrons. The highest BCUT2D eigenvalue weighted by Gasteiger charge is 2.09. The fourth-order valence-corrected chi connectivity index (χ4v) is 3.18. The molecule has 1 heterocycles. The number of pyridine rings is 1. The van der Waals surface area contributed by atoms with Crippen molar-refractivity contribution < 1.29 is 4.79 Å². The van der Waals surface area contributed by atoms with Gasteiger partial charge in [-0.1, -0.05) is 60.7 Å². The molecule has 2 nitrogen and oxygen atoms in total. The highest BCUT2D eigenvalue weighted by atomic mass is 35.5. The van der Waals surface area contributed by atoms with Crippen LogP contribution in [-0.2, 0) is 6.42 Å². The zero-order chi connectivity index (χ0) is 16.5. The lowest BCUT2D eigenvalue weighted by Crippen LogP contribution is -1.96. The number of carbonyl (C=O) groups excluding carboxylic acids is 1. The summed E-state index contributed by atoms with van der Waals surface area (Å²) in [6.07, 6.45) is 0.821. The largest absolute Gasteiger partial charge is 0.295 e. The monoisotopic (exact) mass is 347 g/mol. The molecule has 0 atom stereocenters. The molecule has 0 amide bonds. The van der Waals surface area contributed by atoms with E-state index in [0.717, 1.165) is 23.0 Å². The highest BCUT2D eigenvalue weighted by Crippen LogP contribution is 2.28. The normalized spacial score (nSPS) is 10.6. The predicted molar refractivity (Wildman–Crippen MR) is 106 cm³/mol. The molecule has 4 rings (SSSR count). The van der Waals surface area contributed by atoms with Gasteiger partial charge in [-0.3, -0.25) is 4.79 Å². The van der Waals surface area contributed by atoms with E-state index < -0.39 is 0 Å². The molecule has 1 aromatic heterocycles. The molecule has 0 bridgehead atoms. The Labute approximate surface area is 152 Å². The summed E-state index contributed by atoms with van der Waals surface area (Å²) >= 11 is 0. The van der Waals surface area contributed by atoms with Crippen molar-refractivity contribution in [1.29, 1.82) is 0 Å². The maximum Gasteiger partial charge on any atom is 0.159 e. The minimum atomic E-state index is 0. The Bertz CT molecular complexity index is 1000. The Morgan fingerprint density at radius 3 is 1.84 bits per heavy atom. The first-order valence-corrected chi connectivity index (χ1v) is 8.08. The van der Waals surface area contributed by atoms with Gasteiger partial charge in [0.15, 0.2) is 5.78 Å². The molecule has 0 radical (unpaired) electrons. The molecule has 0 saturated carbocycles. The second-order valence-corrected chi connectivity index (χ2v) is 6.05. The summed E-state index contributed by atoms with van der Waals surface area (Å²) < 4.78 is 0. The molecule has 3 heteroatoms. The van der Waals surface area contributed by atoms with Crippen molar-refractivity contribution in [2.24, 2.45) is 0 Å². The van der Waals surface area contributed by atoms with Gasteiger partial charge in [-0.25, -0.2) is 4.98 Å². The SMILES string of the molecule is CC(=O)c1ccc(Cc2c3ccccc3nc3ccccc23)cc1.Cl. The second-order valence-electron chi connectivity index (χ2n) is 6.05. The third-order valence-electron chi connectivity index (χ3n) is 4.44. The smallest absolute Gasteiger partial charge is 0.159 e. The lowest BCUT2D eigenvalue weighted by molar-refractivity contribution is 0.101. The summed E-state index contributed by atoms with van der Waals surface area (Å²) in [7, 11) is 0. The number of hydrogen-bond acceptors (Lipinski definition) is 2. The second kappa shape index (κ2) is 7.04. The molecule has 0 unspecified atom stereocenters. The van der Waals surface area contributed by atoms with Crippen LogP contribution in [0.15, 0.2) is 72.8 Å².